The van der Waals surface area contributed by atoms with Crippen molar-refractivity contribution in [1.82, 2.24) is 10.2 Å². The van der Waals surface area contributed by atoms with Gasteiger partial charge in [-0.15, -0.1) is 0 Å². The first-order valence-corrected chi connectivity index (χ1v) is 5.29. The smallest absolute Gasteiger partial charge is 0.0838 e. The van der Waals surface area contributed by atoms with Gasteiger partial charge in [-0.1, -0.05) is 30.3 Å². The molecule has 16 heavy (non-hydrogen) atoms. The monoisotopic (exact) mass is 217 g/mol. The van der Waals surface area contributed by atoms with Gasteiger partial charge in [0.2, 0.25) is 0 Å². The predicted molar refractivity (Wildman–Crippen MR) is 62.7 cm³/mol. The van der Waals surface area contributed by atoms with Crippen molar-refractivity contribution in [3.8, 4) is 11.3 Å². The van der Waals surface area contributed by atoms with Crippen LogP contribution >= 0.6 is 0 Å². The molecule has 2 rings (SSSR count). The first kappa shape index (κ1) is 10.9. The van der Waals surface area contributed by atoms with E-state index in [0.29, 0.717) is 13.0 Å². The van der Waals surface area contributed by atoms with Crippen molar-refractivity contribution < 1.29 is 5.11 Å². The fraction of sp³-hybridized carbons (Fsp3) is 0.250. The molecule has 0 saturated heterocycles. The third-order valence-electron chi connectivity index (χ3n) is 2.53. The highest BCUT2D eigenvalue weighted by atomic mass is 16.3. The lowest BCUT2D eigenvalue weighted by molar-refractivity contribution is 0.171. The maximum Gasteiger partial charge on any atom is 0.0838 e. The van der Waals surface area contributed by atoms with Gasteiger partial charge in [0, 0.05) is 5.56 Å². The van der Waals surface area contributed by atoms with Crippen LogP contribution in [-0.2, 0) is 0 Å². The van der Waals surface area contributed by atoms with E-state index in [1.165, 1.54) is 0 Å². The van der Waals surface area contributed by atoms with Crippen molar-refractivity contribution in [2.24, 2.45) is 5.73 Å². The average Bonchev–Trinajstić information content (AvgIpc) is 2.79. The van der Waals surface area contributed by atoms with Gasteiger partial charge in [0.1, 0.15) is 0 Å². The van der Waals surface area contributed by atoms with Crippen LogP contribution < -0.4 is 5.73 Å². The van der Waals surface area contributed by atoms with Crippen LogP contribution in [0.1, 0.15) is 18.1 Å². The van der Waals surface area contributed by atoms with E-state index < -0.39 is 6.10 Å². The van der Waals surface area contributed by atoms with Crippen LogP contribution in [0.3, 0.4) is 0 Å². The van der Waals surface area contributed by atoms with Gasteiger partial charge in [-0.25, -0.2) is 0 Å². The Kier molecular flexibility index (Phi) is 3.34. The Morgan fingerprint density at radius 2 is 2.06 bits per heavy atom. The van der Waals surface area contributed by atoms with Gasteiger partial charge in [-0.05, 0) is 18.5 Å². The van der Waals surface area contributed by atoms with Crippen LogP contribution in [0.4, 0.5) is 0 Å². The Bertz CT molecular complexity index is 439. The molecule has 84 valence electrons. The summed E-state index contributed by atoms with van der Waals surface area (Å²) in [4.78, 5) is 0. The fourth-order valence-corrected chi connectivity index (χ4v) is 1.70. The number of hydrogen-bond acceptors (Lipinski definition) is 3. The number of nitrogens with one attached hydrogen (secondary N) is 1. The molecular formula is C12H15N3O. The fourth-order valence-electron chi connectivity index (χ4n) is 1.70. The minimum atomic E-state index is -0.557. The largest absolute Gasteiger partial charge is 0.388 e. The topological polar surface area (TPSA) is 74.9 Å². The minimum absolute atomic E-state index is 0.459. The standard InChI is InChI=1S/C12H15N3O/c13-7-6-11(16)10-8-14-15-12(10)9-4-2-1-3-5-9/h1-5,8,11,16H,6-7,13H2,(H,14,15)/t11-/m1/s1. The van der Waals surface area contributed by atoms with Gasteiger partial charge >= 0.3 is 0 Å². The number of rotatable bonds is 4. The van der Waals surface area contributed by atoms with E-state index in [9.17, 15) is 5.11 Å². The maximum atomic E-state index is 9.91. The molecule has 0 radical (unpaired) electrons. The lowest BCUT2D eigenvalue weighted by Gasteiger charge is -2.09. The van der Waals surface area contributed by atoms with Crippen molar-refractivity contribution in [1.29, 1.82) is 0 Å². The summed E-state index contributed by atoms with van der Waals surface area (Å²) in [5.41, 5.74) is 8.12. The molecule has 4 heteroatoms. The van der Waals surface area contributed by atoms with Crippen LogP contribution in [0.2, 0.25) is 0 Å². The molecule has 1 aromatic heterocycles. The van der Waals surface area contributed by atoms with E-state index in [0.717, 1.165) is 16.8 Å². The molecule has 4 N–H and O–H groups in total. The third kappa shape index (κ3) is 2.13. The molecule has 1 aromatic carbocycles. The zero-order chi connectivity index (χ0) is 11.4. The van der Waals surface area contributed by atoms with Gasteiger partial charge in [-0.2, -0.15) is 5.10 Å². The zero-order valence-electron chi connectivity index (χ0n) is 8.93. The van der Waals surface area contributed by atoms with Crippen molar-refractivity contribution in [3.05, 3.63) is 42.1 Å². The number of aliphatic hydroxyl groups excluding tert-OH is 1. The number of nitrogens with two attached hydrogens (primary N) is 1. The molecule has 0 saturated carbocycles. The maximum absolute atomic E-state index is 9.91. The normalized spacial score (nSPS) is 12.6. The molecule has 0 amide bonds. The van der Waals surface area contributed by atoms with Crippen molar-refractivity contribution in [3.63, 3.8) is 0 Å². The Labute approximate surface area is 94.1 Å². The number of aromatic amines is 1. The van der Waals surface area contributed by atoms with Gasteiger partial charge < -0.3 is 10.8 Å². The molecular weight excluding hydrogens is 202 g/mol. The second-order valence-electron chi connectivity index (χ2n) is 3.66. The highest BCUT2D eigenvalue weighted by molar-refractivity contribution is 5.62. The molecule has 0 spiro atoms. The lowest BCUT2D eigenvalue weighted by Crippen LogP contribution is -2.06. The highest BCUT2D eigenvalue weighted by Crippen LogP contribution is 2.26. The van der Waals surface area contributed by atoms with E-state index >= 15 is 0 Å². The molecule has 4 nitrogen and oxygen atoms in total. The summed E-state index contributed by atoms with van der Waals surface area (Å²) in [6.45, 7) is 0.459. The van der Waals surface area contributed by atoms with E-state index in [2.05, 4.69) is 10.2 Å². The predicted octanol–water partition coefficient (Wildman–Crippen LogP) is 1.46. The summed E-state index contributed by atoms with van der Waals surface area (Å²) < 4.78 is 0. The van der Waals surface area contributed by atoms with Crippen LogP contribution in [0.15, 0.2) is 36.5 Å². The summed E-state index contributed by atoms with van der Waals surface area (Å²) in [5, 5.41) is 16.8. The second-order valence-corrected chi connectivity index (χ2v) is 3.66. The summed E-state index contributed by atoms with van der Waals surface area (Å²) in [6.07, 6.45) is 1.64. The lowest BCUT2D eigenvalue weighted by atomic mass is 10.0. The molecule has 1 atom stereocenters. The van der Waals surface area contributed by atoms with Crippen LogP contribution in [0.5, 0.6) is 0 Å². The Morgan fingerprint density at radius 1 is 1.31 bits per heavy atom. The van der Waals surface area contributed by atoms with Crippen molar-refractivity contribution in [2.45, 2.75) is 12.5 Å². The second kappa shape index (κ2) is 4.92. The molecule has 0 fully saturated rings. The van der Waals surface area contributed by atoms with Gasteiger partial charge in [0.15, 0.2) is 0 Å². The van der Waals surface area contributed by atoms with Crippen LogP contribution in [-0.4, -0.2) is 21.8 Å². The molecule has 0 unspecified atom stereocenters. The molecule has 2 aromatic rings. The Morgan fingerprint density at radius 3 is 2.75 bits per heavy atom. The average molecular weight is 217 g/mol. The Hall–Kier alpha value is -1.65. The summed E-state index contributed by atoms with van der Waals surface area (Å²) in [6, 6.07) is 9.82. The first-order valence-electron chi connectivity index (χ1n) is 5.29. The number of H-pyrrole nitrogens is 1. The summed E-state index contributed by atoms with van der Waals surface area (Å²) >= 11 is 0. The molecule has 0 aliphatic heterocycles. The van der Waals surface area contributed by atoms with E-state index in [1.807, 2.05) is 30.3 Å². The van der Waals surface area contributed by atoms with E-state index in [-0.39, 0.29) is 0 Å². The third-order valence-corrected chi connectivity index (χ3v) is 2.53. The SMILES string of the molecule is NCC[C@@H](O)c1cn[nH]c1-c1ccccc1. The summed E-state index contributed by atoms with van der Waals surface area (Å²) in [7, 11) is 0. The minimum Gasteiger partial charge on any atom is -0.388 e. The number of nitrogens with zero attached hydrogens (tertiary/aromatic N) is 1. The molecule has 1 heterocycles. The number of hydrogen-bond donors (Lipinski definition) is 3. The highest BCUT2D eigenvalue weighted by Gasteiger charge is 2.14. The van der Waals surface area contributed by atoms with Crippen molar-refractivity contribution >= 4 is 0 Å². The van der Waals surface area contributed by atoms with Crippen LogP contribution in [0.25, 0.3) is 11.3 Å². The van der Waals surface area contributed by atoms with Gasteiger partial charge in [0.05, 0.1) is 18.0 Å². The van der Waals surface area contributed by atoms with Gasteiger partial charge in [-0.3, -0.25) is 5.10 Å². The van der Waals surface area contributed by atoms with E-state index in [4.69, 9.17) is 5.73 Å². The molecule has 0 aliphatic rings. The van der Waals surface area contributed by atoms with Crippen molar-refractivity contribution in [2.75, 3.05) is 6.54 Å². The van der Waals surface area contributed by atoms with Gasteiger partial charge in [0.25, 0.3) is 0 Å². The quantitative estimate of drug-likeness (QED) is 0.725. The Balaban J connectivity index is 2.33. The number of benzene rings is 1. The van der Waals surface area contributed by atoms with Crippen LogP contribution in [0, 0.1) is 0 Å². The number of aromatic nitrogens is 2. The molecule has 0 bridgehead atoms. The first-order chi connectivity index (χ1) is 7.83. The van der Waals surface area contributed by atoms with E-state index in [1.54, 1.807) is 6.20 Å². The summed E-state index contributed by atoms with van der Waals surface area (Å²) in [5.74, 6) is 0. The number of aliphatic hydroxyl groups is 1. The zero-order valence-corrected chi connectivity index (χ0v) is 8.93. The molecule has 0 aliphatic carbocycles.